The molecule has 2 rings (SSSR count). The Bertz CT molecular complexity index is 1230. The highest BCUT2D eigenvalue weighted by atomic mass is 31.2. The Balaban J connectivity index is 2.81. The van der Waals surface area contributed by atoms with Crippen LogP contribution in [0.1, 0.15) is 11.1 Å². The van der Waals surface area contributed by atoms with Gasteiger partial charge in [0.05, 0.1) is 30.8 Å². The summed E-state index contributed by atoms with van der Waals surface area (Å²) in [7, 11) is -5.44. The van der Waals surface area contributed by atoms with Crippen molar-refractivity contribution in [3.63, 3.8) is 0 Å². The molecule has 2 aromatic rings. The number of phosphoric ester groups is 1. The fourth-order valence-electron chi connectivity index (χ4n) is 2.57. The van der Waals surface area contributed by atoms with E-state index in [-0.39, 0.29) is 24.3 Å². The van der Waals surface area contributed by atoms with E-state index in [1.165, 1.54) is 0 Å². The van der Waals surface area contributed by atoms with Crippen LogP contribution in [0.4, 0.5) is 49.1 Å². The first kappa shape index (κ1) is 29.6. The normalized spacial score (nSPS) is 12.1. The molecule has 0 atom stereocenters. The third kappa shape index (κ3) is 6.21. The number of nitro groups is 4. The Labute approximate surface area is 202 Å². The third-order valence-corrected chi connectivity index (χ3v) is 5.43. The second-order valence-corrected chi connectivity index (χ2v) is 8.15. The van der Waals surface area contributed by atoms with Crippen LogP contribution in [0.5, 0.6) is 11.5 Å². The zero-order valence-electron chi connectivity index (χ0n) is 17.7. The van der Waals surface area contributed by atoms with Gasteiger partial charge in [-0.3, -0.25) is 45.0 Å². The van der Waals surface area contributed by atoms with Crippen LogP contribution in [0.3, 0.4) is 0 Å². The summed E-state index contributed by atoms with van der Waals surface area (Å²) in [6, 6.07) is -1.15. The monoisotopic (exact) mass is 580 g/mol. The molecule has 23 heteroatoms. The Hall–Kier alpha value is -4.59. The second-order valence-electron chi connectivity index (χ2n) is 6.52. The van der Waals surface area contributed by atoms with Crippen molar-refractivity contribution < 1.29 is 64.2 Å². The van der Waals surface area contributed by atoms with Crippen molar-refractivity contribution in [1.82, 2.24) is 0 Å². The lowest BCUT2D eigenvalue weighted by Gasteiger charge is -2.18. The van der Waals surface area contributed by atoms with E-state index in [4.69, 9.17) is 0 Å². The predicted molar refractivity (Wildman–Crippen MR) is 105 cm³/mol. The van der Waals surface area contributed by atoms with Crippen LogP contribution in [-0.4, -0.2) is 26.8 Å². The summed E-state index contributed by atoms with van der Waals surface area (Å²) in [6.45, 7) is 0. The van der Waals surface area contributed by atoms with Gasteiger partial charge in [-0.05, 0) is 0 Å². The molecule has 206 valence electrons. The molecule has 16 nitrogen and oxygen atoms in total. The van der Waals surface area contributed by atoms with E-state index in [0.29, 0.717) is 7.11 Å². The average Bonchev–Trinajstić information content (AvgIpc) is 2.76. The first-order valence-corrected chi connectivity index (χ1v) is 10.3. The summed E-state index contributed by atoms with van der Waals surface area (Å²) >= 11 is 0. The molecular formula is C15H7F6N4O12P. The van der Waals surface area contributed by atoms with E-state index in [2.05, 4.69) is 13.6 Å². The molecule has 0 radical (unpaired) electrons. The van der Waals surface area contributed by atoms with Crippen LogP contribution in [0, 0.1) is 40.5 Å². The number of nitrogens with zero attached hydrogens (tertiary/aromatic N) is 4. The molecule has 0 bridgehead atoms. The summed E-state index contributed by atoms with van der Waals surface area (Å²) in [4.78, 5) is 38.6. The van der Waals surface area contributed by atoms with Crippen LogP contribution < -0.4 is 9.05 Å². The minimum Gasteiger partial charge on any atom is -0.380 e. The van der Waals surface area contributed by atoms with Crippen molar-refractivity contribution in [1.29, 1.82) is 0 Å². The molecule has 0 aliphatic heterocycles. The third-order valence-electron chi connectivity index (χ3n) is 4.17. The van der Waals surface area contributed by atoms with Gasteiger partial charge in [0.1, 0.15) is 0 Å². The average molecular weight is 580 g/mol. The molecule has 0 spiro atoms. The summed E-state index contributed by atoms with van der Waals surface area (Å²) in [6.07, 6.45) is -10.8. The van der Waals surface area contributed by atoms with E-state index >= 15 is 0 Å². The lowest BCUT2D eigenvalue weighted by molar-refractivity contribution is -0.396. The van der Waals surface area contributed by atoms with Gasteiger partial charge in [-0.2, -0.15) is 26.3 Å². The van der Waals surface area contributed by atoms with Crippen LogP contribution >= 0.6 is 7.82 Å². The van der Waals surface area contributed by atoms with Gasteiger partial charge in [0.2, 0.25) is 0 Å². The van der Waals surface area contributed by atoms with Crippen molar-refractivity contribution in [2.45, 2.75) is 12.4 Å². The molecule has 0 aliphatic rings. The maximum atomic E-state index is 13.1. The number of hydrogen-bond acceptors (Lipinski definition) is 12. The standard InChI is InChI=1S/C15H7F6N4O12P/c1-35-38(34,36-12-8(22(26)27)2-6(14(16,17)18)3-9(12)23(28)29)37-13-10(24(30)31)4-7(15(19,20)21)5-11(13)25(32)33/h2-5H,1H3. The molecule has 0 aliphatic carbocycles. The van der Waals surface area contributed by atoms with Crippen LogP contribution in [0.2, 0.25) is 0 Å². The van der Waals surface area contributed by atoms with Crippen molar-refractivity contribution >= 4 is 30.6 Å². The van der Waals surface area contributed by atoms with Gasteiger partial charge in [0.15, 0.2) is 0 Å². The van der Waals surface area contributed by atoms with E-state index in [0.717, 1.165) is 0 Å². The molecule has 0 saturated carbocycles. The van der Waals surface area contributed by atoms with Crippen molar-refractivity contribution in [3.05, 3.63) is 75.8 Å². The van der Waals surface area contributed by atoms with Crippen molar-refractivity contribution in [2.75, 3.05) is 7.11 Å². The number of alkyl halides is 6. The van der Waals surface area contributed by atoms with E-state index in [1.807, 2.05) is 0 Å². The van der Waals surface area contributed by atoms with Crippen LogP contribution in [0.15, 0.2) is 24.3 Å². The Kier molecular flexibility index (Phi) is 7.84. The fraction of sp³-hybridized carbons (Fsp3) is 0.200. The van der Waals surface area contributed by atoms with E-state index < -0.39 is 85.2 Å². The molecule has 0 unspecified atom stereocenters. The van der Waals surface area contributed by atoms with Gasteiger partial charge < -0.3 is 9.05 Å². The number of phosphoric acid groups is 1. The summed E-state index contributed by atoms with van der Waals surface area (Å²) in [5, 5.41) is 45.2. The highest BCUT2D eigenvalue weighted by Gasteiger charge is 2.46. The highest BCUT2D eigenvalue weighted by molar-refractivity contribution is 7.49. The van der Waals surface area contributed by atoms with Gasteiger partial charge in [-0.15, -0.1) is 0 Å². The zero-order valence-corrected chi connectivity index (χ0v) is 18.6. The molecule has 0 heterocycles. The topological polar surface area (TPSA) is 217 Å². The van der Waals surface area contributed by atoms with Crippen molar-refractivity contribution in [2.24, 2.45) is 0 Å². The van der Waals surface area contributed by atoms with Gasteiger partial charge in [-0.1, -0.05) is 0 Å². The molecule has 0 N–H and O–H groups in total. The minimum atomic E-state index is -5.80. The second kappa shape index (κ2) is 10.0. The molecule has 0 saturated heterocycles. The largest absolute Gasteiger partial charge is 0.588 e. The quantitative estimate of drug-likeness (QED) is 0.154. The molecule has 0 aromatic heterocycles. The predicted octanol–water partition coefficient (Wildman–Crippen LogP) is 5.57. The first-order valence-electron chi connectivity index (χ1n) is 8.85. The Morgan fingerprint density at radius 3 is 1.03 bits per heavy atom. The lowest BCUT2D eigenvalue weighted by Crippen LogP contribution is -2.12. The lowest BCUT2D eigenvalue weighted by atomic mass is 10.1. The van der Waals surface area contributed by atoms with Crippen LogP contribution in [0.25, 0.3) is 0 Å². The summed E-state index contributed by atoms with van der Waals surface area (Å²) < 4.78 is 105. The number of benzene rings is 2. The number of halogens is 6. The van der Waals surface area contributed by atoms with E-state index in [9.17, 15) is 71.4 Å². The van der Waals surface area contributed by atoms with Gasteiger partial charge >= 0.3 is 42.9 Å². The molecule has 38 heavy (non-hydrogen) atoms. The van der Waals surface area contributed by atoms with Gasteiger partial charge in [0.25, 0.3) is 11.5 Å². The van der Waals surface area contributed by atoms with E-state index in [1.54, 1.807) is 0 Å². The highest BCUT2D eigenvalue weighted by Crippen LogP contribution is 2.57. The SMILES string of the molecule is COP(=O)(Oc1c([N+](=O)[O-])cc(C(F)(F)F)cc1[N+](=O)[O-])Oc1c([N+](=O)[O-])cc(C(F)(F)F)cc1[N+](=O)[O-]. The Morgan fingerprint density at radius 2 is 0.868 bits per heavy atom. The number of hydrogen-bond donors (Lipinski definition) is 0. The summed E-state index contributed by atoms with van der Waals surface area (Å²) in [5.41, 5.74) is -11.3. The number of rotatable bonds is 9. The maximum absolute atomic E-state index is 13.1. The smallest absolute Gasteiger partial charge is 0.380 e. The van der Waals surface area contributed by atoms with Crippen LogP contribution in [-0.2, 0) is 21.4 Å². The molecular weight excluding hydrogens is 573 g/mol. The van der Waals surface area contributed by atoms with Crippen molar-refractivity contribution in [3.8, 4) is 11.5 Å². The number of nitro benzene ring substituents is 4. The van der Waals surface area contributed by atoms with Gasteiger partial charge in [0, 0.05) is 31.4 Å². The Morgan fingerprint density at radius 1 is 0.632 bits per heavy atom. The molecule has 0 fully saturated rings. The molecule has 0 amide bonds. The first-order chi connectivity index (χ1) is 17.2. The summed E-state index contributed by atoms with van der Waals surface area (Å²) in [5.74, 6) is -3.62. The maximum Gasteiger partial charge on any atom is 0.588 e. The minimum absolute atomic E-state index is 0.286. The van der Waals surface area contributed by atoms with Gasteiger partial charge in [-0.25, -0.2) is 4.57 Å². The zero-order chi connectivity index (χ0) is 29.4. The molecule has 2 aromatic carbocycles. The fourth-order valence-corrected chi connectivity index (χ4v) is 3.58.